The molecule has 108 valence electrons. The van der Waals surface area contributed by atoms with Crippen LogP contribution in [0.1, 0.15) is 0 Å². The maximum Gasteiger partial charge on any atom is 0.228 e. The van der Waals surface area contributed by atoms with Crippen molar-refractivity contribution >= 4 is 32.8 Å². The molecule has 0 fully saturated rings. The van der Waals surface area contributed by atoms with E-state index in [4.69, 9.17) is 4.42 Å². The zero-order valence-electron chi connectivity index (χ0n) is 12.2. The van der Waals surface area contributed by atoms with Crippen LogP contribution in [-0.4, -0.2) is 9.97 Å². The highest BCUT2D eigenvalue weighted by molar-refractivity contribution is 6.02. The Hall–Kier alpha value is -3.20. The van der Waals surface area contributed by atoms with Crippen molar-refractivity contribution in [3.8, 4) is 11.5 Å². The number of hydrogen-bond donors (Lipinski definition) is 0. The lowest BCUT2D eigenvalue weighted by molar-refractivity contribution is 0.623. The average Bonchev–Trinajstić information content (AvgIpc) is 3.06. The summed E-state index contributed by atoms with van der Waals surface area (Å²) in [6, 6.07) is 22.4. The van der Waals surface area contributed by atoms with E-state index in [0.29, 0.717) is 5.89 Å². The summed E-state index contributed by atoms with van der Waals surface area (Å²) in [6.45, 7) is 0. The minimum atomic E-state index is 0.634. The number of aromatic nitrogens is 2. The van der Waals surface area contributed by atoms with Crippen molar-refractivity contribution in [3.05, 3.63) is 72.9 Å². The summed E-state index contributed by atoms with van der Waals surface area (Å²) in [7, 11) is 0. The molecule has 3 nitrogen and oxygen atoms in total. The Balaban J connectivity index is 1.84. The molecule has 23 heavy (non-hydrogen) atoms. The monoisotopic (exact) mass is 296 g/mol. The van der Waals surface area contributed by atoms with Gasteiger partial charge in [-0.25, -0.2) is 4.98 Å². The smallest absolute Gasteiger partial charge is 0.228 e. The van der Waals surface area contributed by atoms with E-state index in [0.717, 1.165) is 33.0 Å². The molecular formula is C20H12N2O. The molecule has 5 rings (SSSR count). The van der Waals surface area contributed by atoms with E-state index in [-0.39, 0.29) is 0 Å². The number of pyridine rings is 1. The van der Waals surface area contributed by atoms with E-state index < -0.39 is 0 Å². The van der Waals surface area contributed by atoms with Crippen LogP contribution in [0.25, 0.3) is 44.2 Å². The lowest BCUT2D eigenvalue weighted by atomic mass is 10.0. The first-order valence-corrected chi connectivity index (χ1v) is 7.52. The number of nitrogens with zero attached hydrogens (tertiary/aromatic N) is 2. The molecule has 0 atom stereocenters. The van der Waals surface area contributed by atoms with Gasteiger partial charge in [0, 0.05) is 10.9 Å². The van der Waals surface area contributed by atoms with Crippen LogP contribution in [0.3, 0.4) is 0 Å². The van der Waals surface area contributed by atoms with Gasteiger partial charge < -0.3 is 4.42 Å². The predicted molar refractivity (Wildman–Crippen MR) is 92.3 cm³/mol. The van der Waals surface area contributed by atoms with Gasteiger partial charge in [-0.3, -0.25) is 4.98 Å². The number of oxazole rings is 1. The Morgan fingerprint density at radius 1 is 0.696 bits per heavy atom. The lowest BCUT2D eigenvalue weighted by Gasteiger charge is -2.02. The third-order valence-electron chi connectivity index (χ3n) is 4.15. The molecule has 0 aliphatic rings. The molecule has 2 aromatic heterocycles. The molecule has 5 aromatic rings. The van der Waals surface area contributed by atoms with Crippen LogP contribution in [-0.2, 0) is 0 Å². The molecule has 0 unspecified atom stereocenters. The van der Waals surface area contributed by atoms with Gasteiger partial charge in [0.2, 0.25) is 5.89 Å². The first-order valence-electron chi connectivity index (χ1n) is 7.52. The van der Waals surface area contributed by atoms with E-state index in [9.17, 15) is 0 Å². The number of rotatable bonds is 1. The summed E-state index contributed by atoms with van der Waals surface area (Å²) >= 11 is 0. The topological polar surface area (TPSA) is 38.9 Å². The van der Waals surface area contributed by atoms with E-state index >= 15 is 0 Å². The van der Waals surface area contributed by atoms with Gasteiger partial charge in [-0.2, -0.15) is 0 Å². The van der Waals surface area contributed by atoms with Gasteiger partial charge in [0.15, 0.2) is 5.58 Å². The summed E-state index contributed by atoms with van der Waals surface area (Å²) in [5.41, 5.74) is 3.49. The van der Waals surface area contributed by atoms with Gasteiger partial charge >= 0.3 is 0 Å². The van der Waals surface area contributed by atoms with Crippen LogP contribution in [0, 0.1) is 0 Å². The highest BCUT2D eigenvalue weighted by Crippen LogP contribution is 2.32. The molecule has 0 N–H and O–H groups in total. The molecule has 0 radical (unpaired) electrons. The average molecular weight is 296 g/mol. The molecular weight excluding hydrogens is 284 g/mol. The highest BCUT2D eigenvalue weighted by atomic mass is 16.3. The van der Waals surface area contributed by atoms with E-state index in [2.05, 4.69) is 28.2 Å². The van der Waals surface area contributed by atoms with Crippen molar-refractivity contribution in [1.29, 1.82) is 0 Å². The van der Waals surface area contributed by atoms with E-state index in [1.807, 2.05) is 48.5 Å². The van der Waals surface area contributed by atoms with E-state index in [1.165, 1.54) is 5.39 Å². The second-order valence-electron chi connectivity index (χ2n) is 5.54. The van der Waals surface area contributed by atoms with Crippen LogP contribution in [0.15, 0.2) is 77.3 Å². The number of benzene rings is 3. The van der Waals surface area contributed by atoms with Crippen LogP contribution in [0.5, 0.6) is 0 Å². The molecule has 0 aliphatic heterocycles. The Bertz CT molecular complexity index is 1170. The molecule has 0 spiro atoms. The maximum absolute atomic E-state index is 6.12. The summed E-state index contributed by atoms with van der Waals surface area (Å²) in [6.07, 6.45) is 1.77. The van der Waals surface area contributed by atoms with Crippen molar-refractivity contribution < 1.29 is 4.42 Å². The zero-order valence-corrected chi connectivity index (χ0v) is 12.2. The van der Waals surface area contributed by atoms with Crippen molar-refractivity contribution in [2.24, 2.45) is 0 Å². The zero-order chi connectivity index (χ0) is 15.2. The van der Waals surface area contributed by atoms with Gasteiger partial charge in [0.1, 0.15) is 5.52 Å². The van der Waals surface area contributed by atoms with Crippen LogP contribution in [0.2, 0.25) is 0 Å². The van der Waals surface area contributed by atoms with Crippen LogP contribution >= 0.6 is 0 Å². The van der Waals surface area contributed by atoms with Gasteiger partial charge in [0.05, 0.1) is 11.7 Å². The minimum Gasteiger partial charge on any atom is -0.435 e. The Labute approximate surface area is 132 Å². The third kappa shape index (κ3) is 1.83. The molecule has 3 heteroatoms. The fraction of sp³-hybridized carbons (Fsp3) is 0. The maximum atomic E-state index is 6.12. The fourth-order valence-corrected chi connectivity index (χ4v) is 3.05. The van der Waals surface area contributed by atoms with Gasteiger partial charge in [-0.1, -0.05) is 48.5 Å². The van der Waals surface area contributed by atoms with Crippen LogP contribution < -0.4 is 0 Å². The summed E-state index contributed by atoms with van der Waals surface area (Å²) in [5, 5.41) is 3.30. The molecule has 0 saturated carbocycles. The fourth-order valence-electron chi connectivity index (χ4n) is 3.05. The molecule has 0 amide bonds. The molecule has 0 saturated heterocycles. The second kappa shape index (κ2) is 4.65. The van der Waals surface area contributed by atoms with Crippen molar-refractivity contribution in [3.63, 3.8) is 0 Å². The predicted octanol–water partition coefficient (Wildman–Crippen LogP) is 5.20. The highest BCUT2D eigenvalue weighted by Gasteiger charge is 2.13. The molecule has 0 bridgehead atoms. The second-order valence-corrected chi connectivity index (χ2v) is 5.54. The minimum absolute atomic E-state index is 0.634. The standard InChI is InChI=1S/C20H12N2O/c1-2-8-14-13(6-1)7-5-10-15(14)20-22-18-12-21-17-11-4-3-9-16(17)19(18)23-20/h1-12H. The number of hydrogen-bond acceptors (Lipinski definition) is 3. The van der Waals surface area contributed by atoms with Gasteiger partial charge in [-0.05, 0) is 29.0 Å². The van der Waals surface area contributed by atoms with Crippen molar-refractivity contribution in [2.75, 3.05) is 0 Å². The number of fused-ring (bicyclic) bond motifs is 4. The van der Waals surface area contributed by atoms with Gasteiger partial charge in [-0.15, -0.1) is 0 Å². The summed E-state index contributed by atoms with van der Waals surface area (Å²) in [5.74, 6) is 0.634. The SMILES string of the molecule is c1ccc2c(-c3nc4cnc5ccccc5c4o3)cccc2c1. The largest absolute Gasteiger partial charge is 0.435 e. The van der Waals surface area contributed by atoms with Gasteiger partial charge in [0.25, 0.3) is 0 Å². The lowest BCUT2D eigenvalue weighted by Crippen LogP contribution is -1.80. The molecule has 3 aromatic carbocycles. The molecule has 0 aliphatic carbocycles. The normalized spacial score (nSPS) is 11.5. The van der Waals surface area contributed by atoms with Crippen molar-refractivity contribution in [2.45, 2.75) is 0 Å². The van der Waals surface area contributed by atoms with Crippen molar-refractivity contribution in [1.82, 2.24) is 9.97 Å². The van der Waals surface area contributed by atoms with E-state index in [1.54, 1.807) is 6.20 Å². The Morgan fingerprint density at radius 2 is 1.48 bits per heavy atom. The first-order chi connectivity index (χ1) is 11.4. The summed E-state index contributed by atoms with van der Waals surface area (Å²) < 4.78 is 6.12. The quantitative estimate of drug-likeness (QED) is 0.427. The summed E-state index contributed by atoms with van der Waals surface area (Å²) in [4.78, 5) is 9.11. The first kappa shape index (κ1) is 12.4. The Morgan fingerprint density at radius 3 is 2.43 bits per heavy atom. The number of para-hydroxylation sites is 1. The third-order valence-corrected chi connectivity index (χ3v) is 4.15. The van der Waals surface area contributed by atoms with Crippen LogP contribution in [0.4, 0.5) is 0 Å². The molecule has 2 heterocycles. The Kier molecular flexibility index (Phi) is 2.50.